The summed E-state index contributed by atoms with van der Waals surface area (Å²) in [6, 6.07) is 12.8. The number of nitriles is 2. The summed E-state index contributed by atoms with van der Waals surface area (Å²) in [6.45, 7) is 1.79. The van der Waals surface area contributed by atoms with Crippen molar-refractivity contribution in [3.05, 3.63) is 70.5 Å². The largest absolute Gasteiger partial charge is 0.396 e. The van der Waals surface area contributed by atoms with Crippen molar-refractivity contribution in [2.45, 2.75) is 13.3 Å². The number of hydrogen-bond acceptors (Lipinski definition) is 8. The molecule has 31 heavy (non-hydrogen) atoms. The summed E-state index contributed by atoms with van der Waals surface area (Å²) >= 11 is 1.51. The summed E-state index contributed by atoms with van der Waals surface area (Å²) in [6.07, 6.45) is 3.92. The predicted octanol–water partition coefficient (Wildman–Crippen LogP) is 3.72. The van der Waals surface area contributed by atoms with Crippen LogP contribution in [0, 0.1) is 29.6 Å². The second-order valence-electron chi connectivity index (χ2n) is 6.68. The van der Waals surface area contributed by atoms with E-state index in [4.69, 9.17) is 5.26 Å². The second-order valence-corrected chi connectivity index (χ2v) is 7.57. The summed E-state index contributed by atoms with van der Waals surface area (Å²) in [4.78, 5) is 8.90. The predicted molar refractivity (Wildman–Crippen MR) is 117 cm³/mol. The molecule has 0 bridgehead atoms. The maximum atomic E-state index is 9.69. The van der Waals surface area contributed by atoms with Crippen molar-refractivity contribution in [1.82, 2.24) is 19.7 Å². The van der Waals surface area contributed by atoms with Gasteiger partial charge in [-0.1, -0.05) is 0 Å². The minimum Gasteiger partial charge on any atom is -0.396 e. The highest BCUT2D eigenvalue weighted by Crippen LogP contribution is 2.29. The lowest BCUT2D eigenvalue weighted by Gasteiger charge is -2.17. The van der Waals surface area contributed by atoms with Gasteiger partial charge in [0.1, 0.15) is 22.6 Å². The van der Waals surface area contributed by atoms with Crippen LogP contribution in [0.5, 0.6) is 0 Å². The molecule has 0 saturated carbocycles. The third kappa shape index (κ3) is 4.14. The van der Waals surface area contributed by atoms with Gasteiger partial charge in [0.15, 0.2) is 0 Å². The smallest absolute Gasteiger partial charge is 0.143 e. The molecule has 0 radical (unpaired) electrons. The van der Waals surface area contributed by atoms with Gasteiger partial charge in [0.05, 0.1) is 28.6 Å². The summed E-state index contributed by atoms with van der Waals surface area (Å²) in [5.41, 5.74) is 4.32. The highest BCUT2D eigenvalue weighted by Gasteiger charge is 2.16. The van der Waals surface area contributed by atoms with E-state index in [1.807, 2.05) is 36.7 Å². The van der Waals surface area contributed by atoms with E-state index < -0.39 is 0 Å². The molecule has 0 aliphatic heterocycles. The van der Waals surface area contributed by atoms with Crippen LogP contribution in [0.1, 0.15) is 22.4 Å². The Labute approximate surface area is 182 Å². The van der Waals surface area contributed by atoms with Crippen LogP contribution in [-0.2, 0) is 6.42 Å². The molecule has 3 heterocycles. The third-order valence-electron chi connectivity index (χ3n) is 4.60. The van der Waals surface area contributed by atoms with E-state index in [1.54, 1.807) is 23.0 Å². The van der Waals surface area contributed by atoms with Gasteiger partial charge in [0, 0.05) is 42.1 Å². The lowest BCUT2D eigenvalue weighted by atomic mass is 10.1. The third-order valence-corrected chi connectivity index (χ3v) is 5.40. The molecule has 2 N–H and O–H groups in total. The number of nitrogens with one attached hydrogen (secondary N) is 1. The number of pyridine rings is 1. The molecule has 0 atom stereocenters. The maximum Gasteiger partial charge on any atom is 0.143 e. The molecule has 0 amide bonds. The number of aryl methyl sites for hydroxylation is 1. The molecule has 4 rings (SSSR count). The van der Waals surface area contributed by atoms with Crippen LogP contribution in [0.2, 0.25) is 0 Å². The molecular formula is C22H17N7OS. The van der Waals surface area contributed by atoms with Crippen LogP contribution >= 0.6 is 11.3 Å². The number of aromatic nitrogens is 4. The second kappa shape index (κ2) is 8.76. The average Bonchev–Trinajstić information content (AvgIpc) is 3.47. The Morgan fingerprint density at radius 2 is 2.06 bits per heavy atom. The number of aliphatic hydroxyl groups excluding tert-OH is 1. The van der Waals surface area contributed by atoms with Gasteiger partial charge in [0.25, 0.3) is 0 Å². The first-order chi connectivity index (χ1) is 15.1. The fourth-order valence-electron chi connectivity index (χ4n) is 3.21. The minimum absolute atomic E-state index is 0.0779. The van der Waals surface area contributed by atoms with Gasteiger partial charge in [-0.15, -0.1) is 11.3 Å². The monoisotopic (exact) mass is 427 g/mol. The Kier molecular flexibility index (Phi) is 5.72. The van der Waals surface area contributed by atoms with E-state index >= 15 is 0 Å². The van der Waals surface area contributed by atoms with Crippen LogP contribution in [0.15, 0.2) is 48.1 Å². The maximum absolute atomic E-state index is 9.69. The Morgan fingerprint density at radius 1 is 1.19 bits per heavy atom. The van der Waals surface area contributed by atoms with Crippen molar-refractivity contribution >= 4 is 22.8 Å². The zero-order valence-corrected chi connectivity index (χ0v) is 17.4. The summed E-state index contributed by atoms with van der Waals surface area (Å²) in [5.74, 6) is 0.525. The Morgan fingerprint density at radius 3 is 2.77 bits per heavy atom. The highest BCUT2D eigenvalue weighted by molar-refractivity contribution is 7.13. The van der Waals surface area contributed by atoms with Crippen LogP contribution in [-0.4, -0.2) is 31.5 Å². The molecule has 1 aromatic carbocycles. The lowest BCUT2D eigenvalue weighted by Crippen LogP contribution is -2.10. The fraction of sp³-hybridized carbons (Fsp3) is 0.136. The van der Waals surface area contributed by atoms with Crippen molar-refractivity contribution in [3.8, 4) is 28.5 Å². The molecule has 0 aliphatic rings. The normalized spacial score (nSPS) is 10.5. The van der Waals surface area contributed by atoms with Crippen LogP contribution < -0.4 is 5.32 Å². The molecule has 0 unspecified atom stereocenters. The van der Waals surface area contributed by atoms with Crippen LogP contribution in [0.3, 0.4) is 0 Å². The van der Waals surface area contributed by atoms with Gasteiger partial charge in [0.2, 0.25) is 0 Å². The van der Waals surface area contributed by atoms with Crippen molar-refractivity contribution in [3.63, 3.8) is 0 Å². The molecule has 9 heteroatoms. The number of hydrogen-bond donors (Lipinski definition) is 2. The summed E-state index contributed by atoms with van der Waals surface area (Å²) in [5, 5.41) is 38.9. The Bertz CT molecular complexity index is 1310. The quantitative estimate of drug-likeness (QED) is 0.480. The van der Waals surface area contributed by atoms with Crippen molar-refractivity contribution < 1.29 is 5.11 Å². The van der Waals surface area contributed by atoms with Gasteiger partial charge in [-0.25, -0.2) is 14.6 Å². The summed E-state index contributed by atoms with van der Waals surface area (Å²) < 4.78 is 1.74. The van der Waals surface area contributed by atoms with E-state index in [0.29, 0.717) is 29.1 Å². The first-order valence-corrected chi connectivity index (χ1v) is 10.3. The topological polar surface area (TPSA) is 123 Å². The van der Waals surface area contributed by atoms with Gasteiger partial charge in [-0.05, 0) is 37.3 Å². The number of thiazole rings is 1. The van der Waals surface area contributed by atoms with Crippen LogP contribution in [0.25, 0.3) is 16.4 Å². The van der Waals surface area contributed by atoms with Gasteiger partial charge in [-0.3, -0.25) is 0 Å². The SMILES string of the molecule is Cc1cc(-n2ccc(-c3nccs3)n2)c(CCO)c(Nc2ccc(C#N)cc2C#N)n1. The molecule has 0 fully saturated rings. The molecule has 4 aromatic rings. The zero-order valence-electron chi connectivity index (χ0n) is 16.6. The minimum atomic E-state index is -0.0779. The van der Waals surface area contributed by atoms with Crippen molar-refractivity contribution in [2.24, 2.45) is 0 Å². The molecule has 0 aliphatic carbocycles. The van der Waals surface area contributed by atoms with E-state index in [1.165, 1.54) is 17.4 Å². The van der Waals surface area contributed by atoms with Crippen molar-refractivity contribution in [2.75, 3.05) is 11.9 Å². The Hall–Kier alpha value is -4.05. The van der Waals surface area contributed by atoms with E-state index in [9.17, 15) is 10.4 Å². The average molecular weight is 427 g/mol. The number of anilines is 2. The van der Waals surface area contributed by atoms with Gasteiger partial charge in [-0.2, -0.15) is 15.6 Å². The molecule has 8 nitrogen and oxygen atoms in total. The lowest BCUT2D eigenvalue weighted by molar-refractivity contribution is 0.299. The highest BCUT2D eigenvalue weighted by atomic mass is 32.1. The molecule has 152 valence electrons. The number of nitrogens with zero attached hydrogens (tertiary/aromatic N) is 6. The molecule has 3 aromatic heterocycles. The van der Waals surface area contributed by atoms with Gasteiger partial charge >= 0.3 is 0 Å². The standard InChI is InChI=1S/C22H17N7OS/c1-14-10-20(29-7-4-19(28-29)22-25-6-9-31-22)17(5-8-30)21(26-14)27-18-3-2-15(12-23)11-16(18)13-24/h2-4,6-7,9-11,30H,5,8H2,1H3,(H,26,27). The Balaban J connectivity index is 1.79. The van der Waals surface area contributed by atoms with E-state index in [2.05, 4.69) is 26.5 Å². The number of aliphatic hydroxyl groups is 1. The number of benzene rings is 1. The fourth-order valence-corrected chi connectivity index (χ4v) is 3.82. The van der Waals surface area contributed by atoms with E-state index in [-0.39, 0.29) is 6.61 Å². The van der Waals surface area contributed by atoms with E-state index in [0.717, 1.165) is 27.6 Å². The van der Waals surface area contributed by atoms with Crippen LogP contribution in [0.4, 0.5) is 11.5 Å². The van der Waals surface area contributed by atoms with Gasteiger partial charge < -0.3 is 10.4 Å². The molecule has 0 saturated heterocycles. The molecular weight excluding hydrogens is 410 g/mol. The summed E-state index contributed by atoms with van der Waals surface area (Å²) in [7, 11) is 0. The zero-order chi connectivity index (χ0) is 21.8. The number of rotatable bonds is 6. The first kappa shape index (κ1) is 20.2. The first-order valence-electron chi connectivity index (χ1n) is 9.41. The molecule has 0 spiro atoms. The van der Waals surface area contributed by atoms with Crippen molar-refractivity contribution in [1.29, 1.82) is 10.5 Å².